The van der Waals surface area contributed by atoms with E-state index in [1.807, 2.05) is 12.1 Å². The molecule has 122 valence electrons. The number of quaternary nitrogens is 1. The molecule has 3 rings (SSSR count). The number of nitrogens with one attached hydrogen (secondary N) is 1. The maximum Gasteiger partial charge on any atom is 0.142 e. The van der Waals surface area contributed by atoms with E-state index in [4.69, 9.17) is 4.74 Å². The Balaban J connectivity index is 1.63. The molecule has 0 unspecified atom stereocenters. The number of benzene rings is 2. The molecule has 2 aromatic carbocycles. The lowest BCUT2D eigenvalue weighted by Gasteiger charge is -2.34. The van der Waals surface area contributed by atoms with Crippen LogP contribution in [0.5, 0.6) is 5.75 Å². The van der Waals surface area contributed by atoms with Crippen molar-refractivity contribution in [3.63, 3.8) is 0 Å². The second-order valence-electron chi connectivity index (χ2n) is 6.52. The molecule has 23 heavy (non-hydrogen) atoms. The zero-order valence-corrected chi connectivity index (χ0v) is 14.4. The normalized spacial score (nSPS) is 15.7. The third-order valence-corrected chi connectivity index (χ3v) is 4.84. The van der Waals surface area contributed by atoms with E-state index >= 15 is 0 Å². The Kier molecular flexibility index (Phi) is 4.87. The Morgan fingerprint density at radius 1 is 1.04 bits per heavy atom. The van der Waals surface area contributed by atoms with Crippen molar-refractivity contribution >= 4 is 5.69 Å². The van der Waals surface area contributed by atoms with E-state index < -0.39 is 0 Å². The Bertz CT molecular complexity index is 660. The highest BCUT2D eigenvalue weighted by molar-refractivity contribution is 5.58. The quantitative estimate of drug-likeness (QED) is 0.932. The van der Waals surface area contributed by atoms with E-state index in [9.17, 15) is 0 Å². The molecule has 0 spiro atoms. The number of nitrogens with zero attached hydrogens (tertiary/aromatic N) is 1. The highest BCUT2D eigenvalue weighted by atomic mass is 16.5. The van der Waals surface area contributed by atoms with Crippen molar-refractivity contribution < 1.29 is 9.64 Å². The summed E-state index contributed by atoms with van der Waals surface area (Å²) in [5.41, 5.74) is 5.49. The second-order valence-corrected chi connectivity index (χ2v) is 6.52. The highest BCUT2D eigenvalue weighted by Crippen LogP contribution is 2.27. The number of rotatable bonds is 4. The third kappa shape index (κ3) is 3.67. The molecule has 3 heteroatoms. The van der Waals surface area contributed by atoms with Crippen molar-refractivity contribution in [3.8, 4) is 5.75 Å². The van der Waals surface area contributed by atoms with Crippen molar-refractivity contribution in [1.29, 1.82) is 0 Å². The van der Waals surface area contributed by atoms with Crippen LogP contribution >= 0.6 is 0 Å². The summed E-state index contributed by atoms with van der Waals surface area (Å²) in [5, 5.41) is 0. The molecule has 0 saturated carbocycles. The van der Waals surface area contributed by atoms with Gasteiger partial charge in [0, 0.05) is 5.56 Å². The molecule has 3 nitrogen and oxygen atoms in total. The van der Waals surface area contributed by atoms with Gasteiger partial charge < -0.3 is 14.5 Å². The molecule has 0 atom stereocenters. The monoisotopic (exact) mass is 311 g/mol. The number of aryl methyl sites for hydroxylation is 2. The molecule has 0 bridgehead atoms. The second kappa shape index (κ2) is 7.05. The summed E-state index contributed by atoms with van der Waals surface area (Å²) in [7, 11) is 1.75. The Hall–Kier alpha value is -2.00. The molecular weight excluding hydrogens is 284 g/mol. The largest absolute Gasteiger partial charge is 0.495 e. The van der Waals surface area contributed by atoms with Gasteiger partial charge in [-0.1, -0.05) is 35.9 Å². The van der Waals surface area contributed by atoms with Gasteiger partial charge in [0.05, 0.1) is 39.0 Å². The summed E-state index contributed by atoms with van der Waals surface area (Å²) in [5.74, 6) is 0.977. The van der Waals surface area contributed by atoms with Gasteiger partial charge in [-0.2, -0.15) is 0 Å². The maximum absolute atomic E-state index is 5.50. The molecule has 1 aliphatic rings. The first-order chi connectivity index (χ1) is 11.2. The molecule has 1 N–H and O–H groups in total. The Morgan fingerprint density at radius 2 is 1.78 bits per heavy atom. The zero-order valence-electron chi connectivity index (χ0n) is 14.4. The van der Waals surface area contributed by atoms with Crippen LogP contribution in [0.25, 0.3) is 0 Å². The summed E-state index contributed by atoms with van der Waals surface area (Å²) in [4.78, 5) is 4.12. The predicted molar refractivity (Wildman–Crippen MR) is 95.5 cm³/mol. The lowest BCUT2D eigenvalue weighted by atomic mass is 10.0. The first kappa shape index (κ1) is 15.9. The Labute approximate surface area is 139 Å². The van der Waals surface area contributed by atoms with Gasteiger partial charge in [0.1, 0.15) is 12.3 Å². The van der Waals surface area contributed by atoms with Gasteiger partial charge >= 0.3 is 0 Å². The van der Waals surface area contributed by atoms with Crippen LogP contribution in [-0.4, -0.2) is 33.3 Å². The van der Waals surface area contributed by atoms with Crippen LogP contribution < -0.4 is 14.5 Å². The minimum absolute atomic E-state index is 0.977. The summed E-state index contributed by atoms with van der Waals surface area (Å²) >= 11 is 0. The molecule has 0 amide bonds. The van der Waals surface area contributed by atoms with Gasteiger partial charge in [-0.25, -0.2) is 0 Å². The van der Waals surface area contributed by atoms with Crippen LogP contribution in [0.3, 0.4) is 0 Å². The van der Waals surface area contributed by atoms with E-state index in [0.717, 1.165) is 25.4 Å². The number of anilines is 1. The number of para-hydroxylation sites is 2. The summed E-state index contributed by atoms with van der Waals surface area (Å²) in [6, 6.07) is 15.1. The van der Waals surface area contributed by atoms with Crippen LogP contribution in [0.1, 0.15) is 16.7 Å². The smallest absolute Gasteiger partial charge is 0.142 e. The van der Waals surface area contributed by atoms with E-state index in [0.29, 0.717) is 0 Å². The van der Waals surface area contributed by atoms with Crippen LogP contribution in [0.2, 0.25) is 0 Å². The fraction of sp³-hybridized carbons (Fsp3) is 0.400. The molecule has 1 heterocycles. The number of piperazine rings is 1. The average Bonchev–Trinajstić information content (AvgIpc) is 2.59. The standard InChI is InChI=1S/C20H26N2O/c1-16-8-9-17(2)18(14-16)15-21-10-12-22(13-11-21)19-6-4-5-7-20(19)23-3/h4-9,14H,10-13,15H2,1-3H3/p+1. The molecule has 0 aliphatic carbocycles. The number of methoxy groups -OCH3 is 1. The average molecular weight is 311 g/mol. The lowest BCUT2D eigenvalue weighted by molar-refractivity contribution is -0.914. The van der Waals surface area contributed by atoms with Crippen molar-refractivity contribution in [2.75, 3.05) is 38.2 Å². The van der Waals surface area contributed by atoms with E-state index in [1.54, 1.807) is 12.0 Å². The molecule has 1 saturated heterocycles. The number of hydrogen-bond donors (Lipinski definition) is 1. The minimum Gasteiger partial charge on any atom is -0.495 e. The van der Waals surface area contributed by atoms with Gasteiger partial charge in [0.2, 0.25) is 0 Å². The zero-order chi connectivity index (χ0) is 16.2. The van der Waals surface area contributed by atoms with Gasteiger partial charge in [0.25, 0.3) is 0 Å². The summed E-state index contributed by atoms with van der Waals surface area (Å²) < 4.78 is 5.50. The molecule has 2 aromatic rings. The number of ether oxygens (including phenoxy) is 1. The Morgan fingerprint density at radius 3 is 2.52 bits per heavy atom. The van der Waals surface area contributed by atoms with E-state index in [2.05, 4.69) is 49.1 Å². The van der Waals surface area contributed by atoms with Crippen LogP contribution in [0.4, 0.5) is 5.69 Å². The van der Waals surface area contributed by atoms with Crippen LogP contribution in [-0.2, 0) is 6.54 Å². The third-order valence-electron chi connectivity index (χ3n) is 4.84. The molecule has 1 aliphatic heterocycles. The minimum atomic E-state index is 0.977. The van der Waals surface area contributed by atoms with Gasteiger partial charge in [-0.15, -0.1) is 0 Å². The fourth-order valence-electron chi connectivity index (χ4n) is 3.39. The first-order valence-corrected chi connectivity index (χ1v) is 8.45. The van der Waals surface area contributed by atoms with Gasteiger partial charge in [-0.3, -0.25) is 0 Å². The SMILES string of the molecule is COc1ccccc1N1CC[NH+](Cc2cc(C)ccc2C)CC1. The van der Waals surface area contributed by atoms with E-state index in [1.165, 1.54) is 35.5 Å². The summed E-state index contributed by atoms with van der Waals surface area (Å²) in [6.07, 6.45) is 0. The molecule has 0 radical (unpaired) electrons. The predicted octanol–water partition coefficient (Wildman–Crippen LogP) is 2.22. The molecule has 0 aromatic heterocycles. The molecular formula is C20H27N2O+. The first-order valence-electron chi connectivity index (χ1n) is 8.45. The number of hydrogen-bond acceptors (Lipinski definition) is 2. The van der Waals surface area contributed by atoms with Gasteiger partial charge in [0.15, 0.2) is 0 Å². The maximum atomic E-state index is 5.50. The highest BCUT2D eigenvalue weighted by Gasteiger charge is 2.22. The van der Waals surface area contributed by atoms with Crippen molar-refractivity contribution in [2.24, 2.45) is 0 Å². The summed E-state index contributed by atoms with van der Waals surface area (Å²) in [6.45, 7) is 10.0. The van der Waals surface area contributed by atoms with Crippen molar-refractivity contribution in [1.82, 2.24) is 0 Å². The topological polar surface area (TPSA) is 16.9 Å². The molecule has 1 fully saturated rings. The lowest BCUT2D eigenvalue weighted by Crippen LogP contribution is -3.13. The van der Waals surface area contributed by atoms with Crippen molar-refractivity contribution in [2.45, 2.75) is 20.4 Å². The fourth-order valence-corrected chi connectivity index (χ4v) is 3.39. The van der Waals surface area contributed by atoms with Crippen molar-refractivity contribution in [3.05, 3.63) is 59.2 Å². The van der Waals surface area contributed by atoms with Crippen LogP contribution in [0, 0.1) is 13.8 Å². The van der Waals surface area contributed by atoms with E-state index in [-0.39, 0.29) is 0 Å². The van der Waals surface area contributed by atoms with Gasteiger partial charge in [-0.05, 0) is 31.5 Å². The van der Waals surface area contributed by atoms with Crippen LogP contribution in [0.15, 0.2) is 42.5 Å².